The third kappa shape index (κ3) is 2.80. The lowest BCUT2D eigenvalue weighted by molar-refractivity contribution is 0.238. The van der Waals surface area contributed by atoms with Crippen LogP contribution in [0.3, 0.4) is 0 Å². The van der Waals surface area contributed by atoms with Crippen LogP contribution in [0.25, 0.3) is 0 Å². The van der Waals surface area contributed by atoms with E-state index in [0.29, 0.717) is 5.92 Å². The molecule has 0 bridgehead atoms. The van der Waals surface area contributed by atoms with Crippen molar-refractivity contribution in [3.05, 3.63) is 15.9 Å². The molecule has 1 aromatic heterocycles. The summed E-state index contributed by atoms with van der Waals surface area (Å²) >= 11 is 3.70. The summed E-state index contributed by atoms with van der Waals surface area (Å²) in [6.45, 7) is 6.01. The van der Waals surface area contributed by atoms with Gasteiger partial charge in [0.25, 0.3) is 0 Å². The van der Waals surface area contributed by atoms with E-state index < -0.39 is 0 Å². The first kappa shape index (κ1) is 14.1. The van der Waals surface area contributed by atoms with Crippen LogP contribution in [0.15, 0.2) is 4.47 Å². The van der Waals surface area contributed by atoms with Gasteiger partial charge in [-0.15, -0.1) is 0 Å². The number of halogens is 1. The van der Waals surface area contributed by atoms with Gasteiger partial charge in [0, 0.05) is 6.54 Å². The Morgan fingerprint density at radius 2 is 2.00 bits per heavy atom. The van der Waals surface area contributed by atoms with Gasteiger partial charge in [0.15, 0.2) is 0 Å². The Kier molecular flexibility index (Phi) is 4.84. The van der Waals surface area contributed by atoms with Gasteiger partial charge in [-0.3, -0.25) is 4.68 Å². The second kappa shape index (κ2) is 6.20. The van der Waals surface area contributed by atoms with Crippen molar-refractivity contribution < 1.29 is 0 Å². The van der Waals surface area contributed by atoms with Crippen LogP contribution in [0.2, 0.25) is 0 Å². The number of aryl methyl sites for hydroxylation is 2. The number of aromatic nitrogens is 2. The first-order chi connectivity index (χ1) is 8.67. The van der Waals surface area contributed by atoms with Gasteiger partial charge in [0.05, 0.1) is 15.9 Å². The molecule has 0 radical (unpaired) electrons. The third-order valence-corrected chi connectivity index (χ3v) is 5.31. The summed E-state index contributed by atoms with van der Waals surface area (Å²) in [5.74, 6) is 1.44. The standard InChI is InChI=1S/C14H24BrN3/c1-3-18-13(14(15)10(2)17-18)8-11-6-4-5-7-12(11)9-16/h11-12H,3-9,16H2,1-2H3. The van der Waals surface area contributed by atoms with Gasteiger partial charge in [-0.1, -0.05) is 12.8 Å². The number of hydrogen-bond acceptors (Lipinski definition) is 2. The normalized spacial score (nSPS) is 24.4. The lowest BCUT2D eigenvalue weighted by Gasteiger charge is -2.30. The van der Waals surface area contributed by atoms with Crippen LogP contribution in [0, 0.1) is 18.8 Å². The maximum Gasteiger partial charge on any atom is 0.0738 e. The fourth-order valence-electron chi connectivity index (χ4n) is 3.18. The molecule has 0 amide bonds. The molecule has 2 N–H and O–H groups in total. The molecule has 3 nitrogen and oxygen atoms in total. The molecule has 18 heavy (non-hydrogen) atoms. The van der Waals surface area contributed by atoms with Crippen LogP contribution in [0.5, 0.6) is 0 Å². The van der Waals surface area contributed by atoms with Crippen molar-refractivity contribution in [2.75, 3.05) is 6.54 Å². The predicted octanol–water partition coefficient (Wildman–Crippen LogP) is 3.28. The summed E-state index contributed by atoms with van der Waals surface area (Å²) in [5.41, 5.74) is 8.39. The van der Waals surface area contributed by atoms with Crippen LogP contribution in [0.4, 0.5) is 0 Å². The quantitative estimate of drug-likeness (QED) is 0.927. The van der Waals surface area contributed by atoms with E-state index in [0.717, 1.165) is 31.1 Å². The summed E-state index contributed by atoms with van der Waals surface area (Å²) in [5, 5.41) is 4.58. The molecule has 1 fully saturated rings. The zero-order valence-corrected chi connectivity index (χ0v) is 13.0. The highest BCUT2D eigenvalue weighted by Gasteiger charge is 2.26. The number of nitrogens with two attached hydrogens (primary N) is 1. The summed E-state index contributed by atoms with van der Waals surface area (Å²) in [7, 11) is 0. The lowest BCUT2D eigenvalue weighted by atomic mass is 9.77. The second-order valence-corrected chi connectivity index (χ2v) is 6.20. The number of hydrogen-bond donors (Lipinski definition) is 1. The molecule has 1 aliphatic rings. The molecule has 1 aromatic rings. The smallest absolute Gasteiger partial charge is 0.0738 e. The van der Waals surface area contributed by atoms with Gasteiger partial charge in [-0.2, -0.15) is 5.10 Å². The van der Waals surface area contributed by atoms with Crippen molar-refractivity contribution in [1.29, 1.82) is 0 Å². The minimum Gasteiger partial charge on any atom is -0.330 e. The van der Waals surface area contributed by atoms with E-state index in [-0.39, 0.29) is 0 Å². The predicted molar refractivity (Wildman–Crippen MR) is 78.5 cm³/mol. The number of rotatable bonds is 4. The molecule has 1 aliphatic carbocycles. The van der Waals surface area contributed by atoms with Gasteiger partial charge in [0.2, 0.25) is 0 Å². The van der Waals surface area contributed by atoms with Crippen molar-refractivity contribution in [2.24, 2.45) is 17.6 Å². The van der Waals surface area contributed by atoms with Gasteiger partial charge < -0.3 is 5.73 Å². The zero-order valence-electron chi connectivity index (χ0n) is 11.5. The van der Waals surface area contributed by atoms with Crippen molar-refractivity contribution in [3.8, 4) is 0 Å². The maximum atomic E-state index is 5.93. The molecule has 4 heteroatoms. The fourth-order valence-corrected chi connectivity index (χ4v) is 3.62. The van der Waals surface area contributed by atoms with Crippen molar-refractivity contribution in [3.63, 3.8) is 0 Å². The Balaban J connectivity index is 2.17. The van der Waals surface area contributed by atoms with Gasteiger partial charge in [-0.25, -0.2) is 0 Å². The van der Waals surface area contributed by atoms with Crippen molar-refractivity contribution in [2.45, 2.75) is 52.5 Å². The highest BCUT2D eigenvalue weighted by atomic mass is 79.9. The topological polar surface area (TPSA) is 43.8 Å². The maximum absolute atomic E-state index is 5.93. The van der Waals surface area contributed by atoms with Crippen LogP contribution in [-0.4, -0.2) is 16.3 Å². The summed E-state index contributed by atoms with van der Waals surface area (Å²) in [6, 6.07) is 0. The molecule has 1 heterocycles. The lowest BCUT2D eigenvalue weighted by Crippen LogP contribution is -2.28. The van der Waals surface area contributed by atoms with Crippen LogP contribution < -0.4 is 5.73 Å². The zero-order chi connectivity index (χ0) is 13.1. The third-order valence-electron chi connectivity index (χ3n) is 4.28. The Hall–Kier alpha value is -0.350. The van der Waals surface area contributed by atoms with E-state index >= 15 is 0 Å². The SMILES string of the molecule is CCn1nc(C)c(Br)c1CC1CCCCC1CN. The molecule has 2 rings (SSSR count). The first-order valence-corrected chi connectivity index (χ1v) is 7.88. The minimum atomic E-state index is 0.700. The Morgan fingerprint density at radius 1 is 1.33 bits per heavy atom. The average Bonchev–Trinajstić information content (AvgIpc) is 2.67. The van der Waals surface area contributed by atoms with Crippen LogP contribution >= 0.6 is 15.9 Å². The summed E-state index contributed by atoms with van der Waals surface area (Å²) < 4.78 is 3.34. The monoisotopic (exact) mass is 313 g/mol. The molecular weight excluding hydrogens is 290 g/mol. The highest BCUT2D eigenvalue weighted by molar-refractivity contribution is 9.10. The molecule has 0 saturated heterocycles. The average molecular weight is 314 g/mol. The van der Waals surface area contributed by atoms with Crippen molar-refractivity contribution >= 4 is 15.9 Å². The van der Waals surface area contributed by atoms with Gasteiger partial charge >= 0.3 is 0 Å². The van der Waals surface area contributed by atoms with E-state index in [1.54, 1.807) is 0 Å². The molecule has 2 unspecified atom stereocenters. The highest BCUT2D eigenvalue weighted by Crippen LogP contribution is 2.34. The Bertz CT molecular complexity index is 400. The molecular formula is C14H24BrN3. The molecule has 102 valence electrons. The van der Waals surface area contributed by atoms with Crippen LogP contribution in [-0.2, 0) is 13.0 Å². The summed E-state index contributed by atoms with van der Waals surface area (Å²) in [4.78, 5) is 0. The molecule has 0 aromatic carbocycles. The Morgan fingerprint density at radius 3 is 2.61 bits per heavy atom. The fraction of sp³-hybridized carbons (Fsp3) is 0.786. The van der Waals surface area contributed by atoms with Gasteiger partial charge in [-0.05, 0) is 67.4 Å². The molecule has 0 aliphatic heterocycles. The van der Waals surface area contributed by atoms with E-state index in [2.05, 4.69) is 39.6 Å². The molecule has 1 saturated carbocycles. The largest absolute Gasteiger partial charge is 0.330 e. The molecule has 0 spiro atoms. The van der Waals surface area contributed by atoms with Gasteiger partial charge in [0.1, 0.15) is 0 Å². The van der Waals surface area contributed by atoms with Crippen molar-refractivity contribution in [1.82, 2.24) is 9.78 Å². The molecule has 2 atom stereocenters. The Labute approximate surface area is 118 Å². The number of nitrogens with zero attached hydrogens (tertiary/aromatic N) is 2. The van der Waals surface area contributed by atoms with E-state index in [9.17, 15) is 0 Å². The second-order valence-electron chi connectivity index (χ2n) is 5.41. The van der Waals surface area contributed by atoms with E-state index in [1.807, 2.05) is 0 Å². The van der Waals surface area contributed by atoms with E-state index in [1.165, 1.54) is 35.8 Å². The first-order valence-electron chi connectivity index (χ1n) is 7.09. The minimum absolute atomic E-state index is 0.700. The van der Waals surface area contributed by atoms with E-state index in [4.69, 9.17) is 5.73 Å². The van der Waals surface area contributed by atoms with Crippen LogP contribution in [0.1, 0.15) is 44.0 Å². The summed E-state index contributed by atoms with van der Waals surface area (Å²) in [6.07, 6.45) is 6.46.